The standard InChI is InChI=1S/C28H37F3N4O3/c1-18-19(2)26(38-12-5-10-32-11-13-37-4)9-7-24(18)20(3)34-16-23-14-22(34)17-35(23)27(36)25-8-6-21(15-33-25)28(29,30)31/h6-9,15,20,22-23,32H,5,10-14,16-17H2,1-4H3/t20-,22+,23+/m0/s1. The second kappa shape index (κ2) is 12.0. The van der Waals surface area contributed by atoms with Crippen LogP contribution < -0.4 is 10.1 Å². The van der Waals surface area contributed by atoms with Gasteiger partial charge in [-0.15, -0.1) is 0 Å². The molecule has 2 fully saturated rings. The van der Waals surface area contributed by atoms with Crippen LogP contribution in [0.2, 0.25) is 0 Å². The van der Waals surface area contributed by atoms with E-state index in [1.54, 1.807) is 12.0 Å². The number of halogens is 3. The molecular weight excluding hydrogens is 497 g/mol. The van der Waals surface area contributed by atoms with Gasteiger partial charge in [0.15, 0.2) is 0 Å². The van der Waals surface area contributed by atoms with Gasteiger partial charge in [-0.3, -0.25) is 14.7 Å². The molecule has 4 rings (SSSR count). The van der Waals surface area contributed by atoms with Crippen LogP contribution in [0.25, 0.3) is 0 Å². The first-order valence-electron chi connectivity index (χ1n) is 13.1. The van der Waals surface area contributed by atoms with Gasteiger partial charge < -0.3 is 19.7 Å². The Balaban J connectivity index is 1.33. The number of nitrogens with zero attached hydrogens (tertiary/aromatic N) is 3. The van der Waals surface area contributed by atoms with Gasteiger partial charge in [-0.05, 0) is 75.0 Å². The number of carbonyl (C=O) groups is 1. The van der Waals surface area contributed by atoms with Crippen LogP contribution in [0.4, 0.5) is 13.2 Å². The molecule has 2 aliphatic rings. The van der Waals surface area contributed by atoms with E-state index in [0.29, 0.717) is 19.8 Å². The first-order valence-corrected chi connectivity index (χ1v) is 13.1. The number of carbonyl (C=O) groups excluding carboxylic acids is 1. The molecule has 38 heavy (non-hydrogen) atoms. The Hall–Kier alpha value is -2.69. The Morgan fingerprint density at radius 3 is 2.53 bits per heavy atom. The minimum absolute atomic E-state index is 0.0283. The number of aromatic nitrogens is 1. The summed E-state index contributed by atoms with van der Waals surface area (Å²) in [5, 5.41) is 3.31. The average molecular weight is 535 g/mol. The third-order valence-electron chi connectivity index (χ3n) is 7.82. The van der Waals surface area contributed by atoms with Crippen LogP contribution in [0.3, 0.4) is 0 Å². The van der Waals surface area contributed by atoms with Gasteiger partial charge >= 0.3 is 6.18 Å². The second-order valence-corrected chi connectivity index (χ2v) is 10.2. The number of rotatable bonds is 11. The maximum absolute atomic E-state index is 13.0. The summed E-state index contributed by atoms with van der Waals surface area (Å²) in [6.45, 7) is 10.7. The quantitative estimate of drug-likeness (QED) is 0.432. The van der Waals surface area contributed by atoms with Gasteiger partial charge in [0.25, 0.3) is 5.91 Å². The second-order valence-electron chi connectivity index (χ2n) is 10.2. The van der Waals surface area contributed by atoms with Crippen molar-refractivity contribution in [2.45, 2.75) is 57.9 Å². The number of ether oxygens (including phenoxy) is 2. The summed E-state index contributed by atoms with van der Waals surface area (Å²) in [5.74, 6) is 0.597. The van der Waals surface area contributed by atoms with Crippen molar-refractivity contribution in [3.05, 3.63) is 58.4 Å². The van der Waals surface area contributed by atoms with E-state index in [-0.39, 0.29) is 29.7 Å². The fraction of sp³-hybridized carbons (Fsp3) is 0.571. The lowest BCUT2D eigenvalue weighted by Crippen LogP contribution is -2.49. The molecule has 0 radical (unpaired) electrons. The van der Waals surface area contributed by atoms with E-state index in [1.165, 1.54) is 17.2 Å². The van der Waals surface area contributed by atoms with Crippen LogP contribution in [0.15, 0.2) is 30.5 Å². The van der Waals surface area contributed by atoms with Crippen molar-refractivity contribution < 1.29 is 27.4 Å². The van der Waals surface area contributed by atoms with Crippen molar-refractivity contribution in [2.75, 3.05) is 46.5 Å². The normalized spacial score (nSPS) is 20.2. The Labute approximate surface area is 222 Å². The zero-order valence-corrected chi connectivity index (χ0v) is 22.5. The van der Waals surface area contributed by atoms with E-state index >= 15 is 0 Å². The number of methoxy groups -OCH3 is 1. The third kappa shape index (κ3) is 6.13. The van der Waals surface area contributed by atoms with Gasteiger partial charge in [-0.1, -0.05) is 6.07 Å². The van der Waals surface area contributed by atoms with Crippen LogP contribution in [-0.4, -0.2) is 79.3 Å². The average Bonchev–Trinajstić information content (AvgIpc) is 3.51. The van der Waals surface area contributed by atoms with Crippen LogP contribution in [0.1, 0.15) is 58.5 Å². The number of alkyl halides is 3. The fourth-order valence-corrected chi connectivity index (χ4v) is 5.54. The lowest BCUT2D eigenvalue weighted by Gasteiger charge is -2.38. The van der Waals surface area contributed by atoms with Crippen LogP contribution in [0.5, 0.6) is 5.75 Å². The van der Waals surface area contributed by atoms with Crippen molar-refractivity contribution in [3.8, 4) is 5.75 Å². The van der Waals surface area contributed by atoms with Gasteiger partial charge in [-0.25, -0.2) is 0 Å². The molecule has 2 aliphatic heterocycles. The van der Waals surface area contributed by atoms with Crippen molar-refractivity contribution in [2.24, 2.45) is 0 Å². The van der Waals surface area contributed by atoms with Crippen LogP contribution in [-0.2, 0) is 10.9 Å². The van der Waals surface area contributed by atoms with Crippen molar-refractivity contribution in [3.63, 3.8) is 0 Å². The highest BCUT2D eigenvalue weighted by Gasteiger charge is 2.47. The number of nitrogens with one attached hydrogen (secondary N) is 1. The molecule has 0 saturated carbocycles. The molecule has 1 aromatic heterocycles. The predicted molar refractivity (Wildman–Crippen MR) is 138 cm³/mol. The summed E-state index contributed by atoms with van der Waals surface area (Å²) in [7, 11) is 1.69. The van der Waals surface area contributed by atoms with Crippen LogP contribution >= 0.6 is 0 Å². The van der Waals surface area contributed by atoms with Gasteiger partial charge in [0.2, 0.25) is 0 Å². The van der Waals surface area contributed by atoms with Crippen LogP contribution in [0, 0.1) is 13.8 Å². The number of hydrogen-bond acceptors (Lipinski definition) is 6. The van der Waals surface area contributed by atoms with E-state index < -0.39 is 11.7 Å². The molecule has 0 aliphatic carbocycles. The summed E-state index contributed by atoms with van der Waals surface area (Å²) in [6.07, 6.45) is -1.97. The highest BCUT2D eigenvalue weighted by Crippen LogP contribution is 2.39. The molecule has 1 N–H and O–H groups in total. The van der Waals surface area contributed by atoms with E-state index in [1.807, 2.05) is 6.07 Å². The molecule has 0 spiro atoms. The molecule has 1 amide bonds. The smallest absolute Gasteiger partial charge is 0.417 e. The maximum Gasteiger partial charge on any atom is 0.417 e. The number of piperazine rings is 1. The Morgan fingerprint density at radius 2 is 1.89 bits per heavy atom. The molecular formula is C28H37F3N4O3. The van der Waals surface area contributed by atoms with E-state index in [2.05, 4.69) is 42.0 Å². The monoisotopic (exact) mass is 534 g/mol. The Bertz CT molecular complexity index is 1110. The zero-order valence-electron chi connectivity index (χ0n) is 22.5. The molecule has 2 bridgehead atoms. The number of pyridine rings is 1. The lowest BCUT2D eigenvalue weighted by atomic mass is 9.96. The number of hydrogen-bond donors (Lipinski definition) is 1. The number of benzene rings is 1. The fourth-order valence-electron chi connectivity index (χ4n) is 5.54. The first kappa shape index (κ1) is 28.3. The molecule has 208 valence electrons. The Morgan fingerprint density at radius 1 is 1.11 bits per heavy atom. The van der Waals surface area contributed by atoms with E-state index in [0.717, 1.165) is 56.1 Å². The van der Waals surface area contributed by atoms with Crippen molar-refractivity contribution in [1.82, 2.24) is 20.1 Å². The summed E-state index contributed by atoms with van der Waals surface area (Å²) < 4.78 is 49.6. The summed E-state index contributed by atoms with van der Waals surface area (Å²) in [6, 6.07) is 6.68. The summed E-state index contributed by atoms with van der Waals surface area (Å²) in [4.78, 5) is 21.0. The molecule has 3 heterocycles. The molecule has 2 aromatic rings. The van der Waals surface area contributed by atoms with E-state index in [4.69, 9.17) is 9.47 Å². The third-order valence-corrected chi connectivity index (χ3v) is 7.82. The molecule has 1 aromatic carbocycles. The largest absolute Gasteiger partial charge is 0.493 e. The number of amides is 1. The Kier molecular flexibility index (Phi) is 8.95. The SMILES string of the molecule is COCCNCCCOc1ccc([C@H](C)N2C[C@H]3C[C@@H]2CN3C(=O)c2ccc(C(F)(F)F)cn2)c(C)c1C. The first-order chi connectivity index (χ1) is 18.1. The van der Waals surface area contributed by atoms with E-state index in [9.17, 15) is 18.0 Å². The van der Waals surface area contributed by atoms with Gasteiger partial charge in [0.1, 0.15) is 11.4 Å². The topological polar surface area (TPSA) is 66.9 Å². The maximum atomic E-state index is 13.0. The summed E-state index contributed by atoms with van der Waals surface area (Å²) >= 11 is 0. The minimum Gasteiger partial charge on any atom is -0.493 e. The van der Waals surface area contributed by atoms with Crippen molar-refractivity contribution >= 4 is 5.91 Å². The highest BCUT2D eigenvalue weighted by molar-refractivity contribution is 5.93. The molecule has 7 nitrogen and oxygen atoms in total. The van der Waals surface area contributed by atoms with Crippen molar-refractivity contribution in [1.29, 1.82) is 0 Å². The highest BCUT2D eigenvalue weighted by atomic mass is 19.4. The number of fused-ring (bicyclic) bond motifs is 2. The predicted octanol–water partition coefficient (Wildman–Crippen LogP) is 4.38. The van der Waals surface area contributed by atoms with Gasteiger partial charge in [0, 0.05) is 51.1 Å². The molecule has 3 atom stereocenters. The zero-order chi connectivity index (χ0) is 27.4. The lowest BCUT2D eigenvalue weighted by molar-refractivity contribution is -0.137. The summed E-state index contributed by atoms with van der Waals surface area (Å²) in [5.41, 5.74) is 2.78. The van der Waals surface area contributed by atoms with Gasteiger partial charge in [-0.2, -0.15) is 13.2 Å². The molecule has 2 saturated heterocycles. The minimum atomic E-state index is -4.47. The van der Waals surface area contributed by atoms with Gasteiger partial charge in [0.05, 0.1) is 18.8 Å². The molecule has 10 heteroatoms. The number of likely N-dealkylation sites (tertiary alicyclic amines) is 2. The molecule has 0 unspecified atom stereocenters.